The number of hydrogen-bond donors (Lipinski definition) is 3. The molecule has 3 aromatic carbocycles. The van der Waals surface area contributed by atoms with Gasteiger partial charge in [0, 0.05) is 5.69 Å². The minimum absolute atomic E-state index is 0.106. The van der Waals surface area contributed by atoms with Gasteiger partial charge < -0.3 is 10.6 Å². The van der Waals surface area contributed by atoms with Gasteiger partial charge in [0.25, 0.3) is 0 Å². The van der Waals surface area contributed by atoms with E-state index in [0.717, 1.165) is 16.3 Å². The summed E-state index contributed by atoms with van der Waals surface area (Å²) >= 11 is 0. The van der Waals surface area contributed by atoms with Gasteiger partial charge in [-0.1, -0.05) is 48.5 Å². The SMILES string of the molecule is NS(=O)(=O)c1cccc(NC(=O)CNC(=O)Cc2cccc3ccccc23)c1. The van der Waals surface area contributed by atoms with E-state index in [0.29, 0.717) is 0 Å². The van der Waals surface area contributed by atoms with Gasteiger partial charge in [-0.3, -0.25) is 9.59 Å². The zero-order valence-corrected chi connectivity index (χ0v) is 15.7. The minimum atomic E-state index is -3.86. The lowest BCUT2D eigenvalue weighted by Crippen LogP contribution is -2.33. The van der Waals surface area contributed by atoms with E-state index in [1.807, 2.05) is 42.5 Å². The molecule has 0 aliphatic carbocycles. The Morgan fingerprint density at radius 3 is 2.39 bits per heavy atom. The van der Waals surface area contributed by atoms with Crippen LogP contribution in [0.15, 0.2) is 71.6 Å². The first-order chi connectivity index (χ1) is 13.3. The predicted octanol–water partition coefficient (Wildman–Crippen LogP) is 1.78. The number of carbonyl (C=O) groups is 2. The van der Waals surface area contributed by atoms with Crippen LogP contribution in [0.5, 0.6) is 0 Å². The molecule has 0 atom stereocenters. The van der Waals surface area contributed by atoms with E-state index >= 15 is 0 Å². The number of sulfonamides is 1. The molecule has 28 heavy (non-hydrogen) atoms. The first kappa shape index (κ1) is 19.5. The summed E-state index contributed by atoms with van der Waals surface area (Å²) in [6.07, 6.45) is 0.148. The van der Waals surface area contributed by atoms with Crippen molar-refractivity contribution in [3.8, 4) is 0 Å². The van der Waals surface area contributed by atoms with Crippen LogP contribution in [0, 0.1) is 0 Å². The molecule has 0 spiro atoms. The number of rotatable bonds is 6. The molecule has 0 saturated heterocycles. The Balaban J connectivity index is 1.58. The lowest BCUT2D eigenvalue weighted by molar-refractivity contribution is -0.123. The molecule has 0 unspecified atom stereocenters. The molecule has 0 radical (unpaired) electrons. The van der Waals surface area contributed by atoms with Crippen LogP contribution in [0.25, 0.3) is 10.8 Å². The van der Waals surface area contributed by atoms with Crippen LogP contribution in [-0.4, -0.2) is 26.8 Å². The Morgan fingerprint density at radius 2 is 1.61 bits per heavy atom. The van der Waals surface area contributed by atoms with Crippen molar-refractivity contribution in [3.63, 3.8) is 0 Å². The number of anilines is 1. The van der Waals surface area contributed by atoms with E-state index in [-0.39, 0.29) is 29.5 Å². The molecule has 3 rings (SSSR count). The quantitative estimate of drug-likeness (QED) is 0.587. The van der Waals surface area contributed by atoms with Gasteiger partial charge in [-0.05, 0) is 34.5 Å². The lowest BCUT2D eigenvalue weighted by Gasteiger charge is -2.09. The molecule has 8 heteroatoms. The summed E-state index contributed by atoms with van der Waals surface area (Å²) in [5.74, 6) is -0.761. The molecule has 144 valence electrons. The molecule has 0 aliphatic rings. The first-order valence-corrected chi connectivity index (χ1v) is 10.0. The Hall–Kier alpha value is -3.23. The largest absolute Gasteiger partial charge is 0.347 e. The fraction of sp³-hybridized carbons (Fsp3) is 0.100. The molecule has 0 saturated carbocycles. The smallest absolute Gasteiger partial charge is 0.243 e. The molecule has 0 heterocycles. The summed E-state index contributed by atoms with van der Waals surface area (Å²) in [5, 5.41) is 12.2. The molecule has 4 N–H and O–H groups in total. The summed E-state index contributed by atoms with van der Waals surface area (Å²) in [6.45, 7) is -0.233. The number of nitrogens with one attached hydrogen (secondary N) is 2. The highest BCUT2D eigenvalue weighted by atomic mass is 32.2. The van der Waals surface area contributed by atoms with E-state index in [4.69, 9.17) is 5.14 Å². The Labute approximate surface area is 162 Å². The Bertz CT molecular complexity index is 1140. The van der Waals surface area contributed by atoms with E-state index in [9.17, 15) is 18.0 Å². The molecule has 7 nitrogen and oxygen atoms in total. The second kappa shape index (κ2) is 8.20. The maximum absolute atomic E-state index is 12.2. The third kappa shape index (κ3) is 4.93. The van der Waals surface area contributed by atoms with Crippen molar-refractivity contribution in [2.45, 2.75) is 11.3 Å². The highest BCUT2D eigenvalue weighted by molar-refractivity contribution is 7.89. The number of carbonyl (C=O) groups excluding carboxylic acids is 2. The monoisotopic (exact) mass is 397 g/mol. The van der Waals surface area contributed by atoms with E-state index in [2.05, 4.69) is 10.6 Å². The zero-order valence-electron chi connectivity index (χ0n) is 14.9. The lowest BCUT2D eigenvalue weighted by atomic mass is 10.0. The summed E-state index contributed by atoms with van der Waals surface area (Å²) in [6, 6.07) is 19.1. The van der Waals surface area contributed by atoms with Gasteiger partial charge in [0.05, 0.1) is 17.9 Å². The summed E-state index contributed by atoms with van der Waals surface area (Å²) in [7, 11) is -3.86. The molecule has 0 bridgehead atoms. The first-order valence-electron chi connectivity index (χ1n) is 8.49. The molecule has 2 amide bonds. The normalized spacial score (nSPS) is 11.2. The van der Waals surface area contributed by atoms with Crippen molar-refractivity contribution in [1.29, 1.82) is 0 Å². The van der Waals surface area contributed by atoms with E-state index in [1.165, 1.54) is 24.3 Å². The number of benzene rings is 3. The molecule has 3 aromatic rings. The van der Waals surface area contributed by atoms with Gasteiger partial charge in [-0.15, -0.1) is 0 Å². The van der Waals surface area contributed by atoms with Crippen molar-refractivity contribution in [1.82, 2.24) is 5.32 Å². The Kier molecular flexibility index (Phi) is 5.72. The van der Waals surface area contributed by atoms with Crippen molar-refractivity contribution in [2.75, 3.05) is 11.9 Å². The van der Waals surface area contributed by atoms with Crippen molar-refractivity contribution < 1.29 is 18.0 Å². The zero-order chi connectivity index (χ0) is 20.1. The third-order valence-corrected chi connectivity index (χ3v) is 5.03. The topological polar surface area (TPSA) is 118 Å². The van der Waals surface area contributed by atoms with Gasteiger partial charge in [-0.2, -0.15) is 0 Å². The fourth-order valence-corrected chi connectivity index (χ4v) is 3.38. The number of primary sulfonamides is 1. The van der Waals surface area contributed by atoms with E-state index in [1.54, 1.807) is 0 Å². The summed E-state index contributed by atoms with van der Waals surface area (Å²) < 4.78 is 22.7. The maximum atomic E-state index is 12.2. The summed E-state index contributed by atoms with van der Waals surface area (Å²) in [4.78, 5) is 24.1. The van der Waals surface area contributed by atoms with Crippen LogP contribution in [0.4, 0.5) is 5.69 Å². The number of nitrogens with two attached hydrogens (primary N) is 1. The van der Waals surface area contributed by atoms with E-state index < -0.39 is 15.9 Å². The third-order valence-electron chi connectivity index (χ3n) is 4.12. The van der Waals surface area contributed by atoms with Crippen molar-refractivity contribution >= 4 is 38.3 Å². The maximum Gasteiger partial charge on any atom is 0.243 e. The number of amides is 2. The van der Waals surface area contributed by atoms with Crippen LogP contribution in [-0.2, 0) is 26.0 Å². The average Bonchev–Trinajstić information content (AvgIpc) is 2.66. The molecule has 0 aliphatic heterocycles. The predicted molar refractivity (Wildman–Crippen MR) is 107 cm³/mol. The van der Waals surface area contributed by atoms with Crippen LogP contribution in [0.3, 0.4) is 0 Å². The number of hydrogen-bond acceptors (Lipinski definition) is 4. The molecular formula is C20H19N3O4S. The Morgan fingerprint density at radius 1 is 0.893 bits per heavy atom. The molecular weight excluding hydrogens is 378 g/mol. The van der Waals surface area contributed by atoms with Crippen LogP contribution < -0.4 is 15.8 Å². The van der Waals surface area contributed by atoms with Crippen molar-refractivity contribution in [2.24, 2.45) is 5.14 Å². The molecule has 0 aromatic heterocycles. The summed E-state index contributed by atoms with van der Waals surface area (Å²) in [5.41, 5.74) is 1.15. The number of fused-ring (bicyclic) bond motifs is 1. The highest BCUT2D eigenvalue weighted by Crippen LogP contribution is 2.19. The van der Waals surface area contributed by atoms with Crippen molar-refractivity contribution in [3.05, 3.63) is 72.3 Å². The average molecular weight is 397 g/mol. The van der Waals surface area contributed by atoms with Gasteiger partial charge >= 0.3 is 0 Å². The van der Waals surface area contributed by atoms with Crippen LogP contribution >= 0.6 is 0 Å². The molecule has 0 fully saturated rings. The minimum Gasteiger partial charge on any atom is -0.347 e. The second-order valence-electron chi connectivity index (χ2n) is 6.21. The van der Waals surface area contributed by atoms with Gasteiger partial charge in [0.15, 0.2) is 0 Å². The van der Waals surface area contributed by atoms with Gasteiger partial charge in [0.2, 0.25) is 21.8 Å². The standard InChI is InChI=1S/C20H19N3O4S/c21-28(26,27)17-9-4-8-16(12-17)23-20(25)13-22-19(24)11-15-7-3-6-14-5-1-2-10-18(14)15/h1-10,12H,11,13H2,(H,22,24)(H,23,25)(H2,21,26,27). The van der Waals surface area contributed by atoms with Gasteiger partial charge in [-0.25, -0.2) is 13.6 Å². The second-order valence-corrected chi connectivity index (χ2v) is 7.77. The fourth-order valence-electron chi connectivity index (χ4n) is 2.82. The highest BCUT2D eigenvalue weighted by Gasteiger charge is 2.11. The van der Waals surface area contributed by atoms with Crippen LogP contribution in [0.1, 0.15) is 5.56 Å². The van der Waals surface area contributed by atoms with Gasteiger partial charge in [0.1, 0.15) is 0 Å². The van der Waals surface area contributed by atoms with Crippen LogP contribution in [0.2, 0.25) is 0 Å².